The second-order valence-electron chi connectivity index (χ2n) is 6.88. The van der Waals surface area contributed by atoms with Gasteiger partial charge in [0.1, 0.15) is 5.60 Å². The van der Waals surface area contributed by atoms with E-state index in [2.05, 4.69) is 28.5 Å². The number of carbonyl (C=O) groups is 1. The number of thioether (sulfide) groups is 1. The molecule has 0 unspecified atom stereocenters. The third-order valence-electron chi connectivity index (χ3n) is 5.41. The summed E-state index contributed by atoms with van der Waals surface area (Å²) in [5.41, 5.74) is 2.65. The summed E-state index contributed by atoms with van der Waals surface area (Å²) in [6.07, 6.45) is 1.42. The highest BCUT2D eigenvalue weighted by Crippen LogP contribution is 2.27. The van der Waals surface area contributed by atoms with E-state index in [9.17, 15) is 4.79 Å². The Hall–Kier alpha value is -1.08. The molecule has 1 aromatic carbocycles. The minimum absolute atomic E-state index is 0.0221. The van der Waals surface area contributed by atoms with E-state index in [1.165, 1.54) is 17.1 Å². The number of carbonyl (C=O) groups excluding carboxylic acids is 1. The highest BCUT2D eigenvalue weighted by Gasteiger charge is 2.39. The molecule has 1 amide bonds. The van der Waals surface area contributed by atoms with E-state index in [1.54, 1.807) is 7.11 Å². The molecular weight excluding hydrogens is 334 g/mol. The fraction of sp³-hybridized carbons (Fsp3) is 0.632. The monoisotopic (exact) mass is 363 g/mol. The van der Waals surface area contributed by atoms with E-state index in [-0.39, 0.29) is 5.91 Å². The molecule has 5 nitrogen and oxygen atoms in total. The van der Waals surface area contributed by atoms with Gasteiger partial charge in [0.15, 0.2) is 0 Å². The molecule has 6 heteroatoms. The first kappa shape index (κ1) is 18.7. The van der Waals surface area contributed by atoms with Gasteiger partial charge in [-0.25, -0.2) is 0 Å². The minimum atomic E-state index is -0.711. The SMILES string of the molecule is COC1(C(=O)Nc2cccc(CN3CCSCC3)c2C)CCNCC1. The van der Waals surface area contributed by atoms with Crippen LogP contribution in [0.5, 0.6) is 0 Å². The minimum Gasteiger partial charge on any atom is -0.368 e. The number of piperidine rings is 1. The Morgan fingerprint density at radius 2 is 2.04 bits per heavy atom. The predicted octanol–water partition coefficient (Wildman–Crippen LogP) is 2.25. The first-order chi connectivity index (χ1) is 12.1. The molecule has 2 N–H and O–H groups in total. The number of nitrogens with zero attached hydrogens (tertiary/aromatic N) is 1. The molecule has 2 aliphatic rings. The van der Waals surface area contributed by atoms with E-state index < -0.39 is 5.60 Å². The van der Waals surface area contributed by atoms with Crippen LogP contribution in [0.3, 0.4) is 0 Å². The quantitative estimate of drug-likeness (QED) is 0.840. The number of methoxy groups -OCH3 is 1. The van der Waals surface area contributed by atoms with E-state index in [0.717, 1.165) is 44.0 Å². The Morgan fingerprint density at radius 3 is 2.72 bits per heavy atom. The average Bonchev–Trinajstić information content (AvgIpc) is 2.66. The van der Waals surface area contributed by atoms with Gasteiger partial charge in [-0.15, -0.1) is 0 Å². The van der Waals surface area contributed by atoms with Gasteiger partial charge in [0.05, 0.1) is 0 Å². The van der Waals surface area contributed by atoms with Crippen LogP contribution in [0, 0.1) is 6.92 Å². The molecule has 0 saturated carbocycles. The lowest BCUT2D eigenvalue weighted by molar-refractivity contribution is -0.140. The van der Waals surface area contributed by atoms with Crippen molar-refractivity contribution in [2.45, 2.75) is 31.9 Å². The maximum absolute atomic E-state index is 12.9. The van der Waals surface area contributed by atoms with Crippen LogP contribution in [-0.4, -0.2) is 61.2 Å². The largest absolute Gasteiger partial charge is 0.368 e. The summed E-state index contributed by atoms with van der Waals surface area (Å²) < 4.78 is 5.64. The maximum Gasteiger partial charge on any atom is 0.256 e. The van der Waals surface area contributed by atoms with Crippen LogP contribution in [0.1, 0.15) is 24.0 Å². The third-order valence-corrected chi connectivity index (χ3v) is 6.35. The van der Waals surface area contributed by atoms with Crippen molar-refractivity contribution in [3.63, 3.8) is 0 Å². The van der Waals surface area contributed by atoms with Gasteiger partial charge in [-0.1, -0.05) is 12.1 Å². The van der Waals surface area contributed by atoms with Crippen molar-refractivity contribution in [3.8, 4) is 0 Å². The zero-order valence-electron chi connectivity index (χ0n) is 15.3. The van der Waals surface area contributed by atoms with Crippen molar-refractivity contribution >= 4 is 23.4 Å². The zero-order chi connectivity index (χ0) is 17.7. The van der Waals surface area contributed by atoms with Crippen LogP contribution in [0.25, 0.3) is 0 Å². The van der Waals surface area contributed by atoms with Crippen LogP contribution >= 0.6 is 11.8 Å². The van der Waals surface area contributed by atoms with Gasteiger partial charge in [0.25, 0.3) is 5.91 Å². The van der Waals surface area contributed by atoms with Gasteiger partial charge < -0.3 is 15.4 Å². The van der Waals surface area contributed by atoms with Crippen LogP contribution in [0.4, 0.5) is 5.69 Å². The molecule has 0 aromatic heterocycles. The molecule has 25 heavy (non-hydrogen) atoms. The van der Waals surface area contributed by atoms with E-state index in [4.69, 9.17) is 4.74 Å². The number of rotatable bonds is 5. The molecule has 3 rings (SSSR count). The Labute approximate surface area is 154 Å². The summed E-state index contributed by atoms with van der Waals surface area (Å²) in [7, 11) is 1.64. The van der Waals surface area contributed by atoms with Crippen LogP contribution in [-0.2, 0) is 16.1 Å². The van der Waals surface area contributed by atoms with Crippen LogP contribution in [0.2, 0.25) is 0 Å². The van der Waals surface area contributed by atoms with Gasteiger partial charge in [0.2, 0.25) is 0 Å². The molecule has 0 bridgehead atoms. The summed E-state index contributed by atoms with van der Waals surface area (Å²) in [6.45, 7) is 6.96. The van der Waals surface area contributed by atoms with Gasteiger partial charge in [0, 0.05) is 43.9 Å². The number of benzene rings is 1. The van der Waals surface area contributed by atoms with Gasteiger partial charge in [-0.2, -0.15) is 11.8 Å². The van der Waals surface area contributed by atoms with Gasteiger partial charge in [-0.3, -0.25) is 9.69 Å². The highest BCUT2D eigenvalue weighted by atomic mass is 32.2. The number of hydrogen-bond acceptors (Lipinski definition) is 5. The van der Waals surface area contributed by atoms with Crippen molar-refractivity contribution in [2.75, 3.05) is 50.1 Å². The Bertz CT molecular complexity index is 596. The Balaban J connectivity index is 1.71. The number of nitrogens with one attached hydrogen (secondary N) is 2. The lowest BCUT2D eigenvalue weighted by Crippen LogP contribution is -2.51. The average molecular weight is 364 g/mol. The lowest BCUT2D eigenvalue weighted by atomic mass is 9.91. The fourth-order valence-electron chi connectivity index (χ4n) is 3.58. The normalized spacial score (nSPS) is 21.0. The Kier molecular flexibility index (Phi) is 6.39. The van der Waals surface area contributed by atoms with Gasteiger partial charge >= 0.3 is 0 Å². The molecule has 2 fully saturated rings. The second kappa shape index (κ2) is 8.54. The number of ether oxygens (including phenoxy) is 1. The topological polar surface area (TPSA) is 53.6 Å². The fourth-order valence-corrected chi connectivity index (χ4v) is 4.56. The molecule has 0 aliphatic carbocycles. The highest BCUT2D eigenvalue weighted by molar-refractivity contribution is 7.99. The molecule has 2 aliphatic heterocycles. The molecule has 0 atom stereocenters. The van der Waals surface area contributed by atoms with Crippen molar-refractivity contribution in [3.05, 3.63) is 29.3 Å². The molecule has 0 spiro atoms. The van der Waals surface area contributed by atoms with E-state index >= 15 is 0 Å². The first-order valence-corrected chi connectivity index (χ1v) is 10.3. The standard InChI is InChI=1S/C19H29N3O2S/c1-15-16(14-22-10-12-25-13-11-22)4-3-5-17(15)21-18(23)19(24-2)6-8-20-9-7-19/h3-5,20H,6-14H2,1-2H3,(H,21,23). The van der Waals surface area contributed by atoms with E-state index in [0.29, 0.717) is 12.8 Å². The molecule has 0 radical (unpaired) electrons. The number of amides is 1. The van der Waals surface area contributed by atoms with Crippen molar-refractivity contribution < 1.29 is 9.53 Å². The molecule has 1 aromatic rings. The van der Waals surface area contributed by atoms with Crippen molar-refractivity contribution in [1.29, 1.82) is 0 Å². The summed E-state index contributed by atoms with van der Waals surface area (Å²) in [6, 6.07) is 6.20. The summed E-state index contributed by atoms with van der Waals surface area (Å²) in [5, 5.41) is 6.43. The van der Waals surface area contributed by atoms with Gasteiger partial charge in [-0.05, 0) is 50.0 Å². The number of hydrogen-bond donors (Lipinski definition) is 2. The molecule has 138 valence electrons. The first-order valence-electron chi connectivity index (χ1n) is 9.10. The van der Waals surface area contributed by atoms with Crippen molar-refractivity contribution in [1.82, 2.24) is 10.2 Å². The second-order valence-corrected chi connectivity index (χ2v) is 8.11. The number of anilines is 1. The summed E-state index contributed by atoms with van der Waals surface area (Å²) in [4.78, 5) is 15.4. The summed E-state index contributed by atoms with van der Waals surface area (Å²) in [5.74, 6) is 2.39. The molecular formula is C19H29N3O2S. The Morgan fingerprint density at radius 1 is 1.32 bits per heavy atom. The maximum atomic E-state index is 12.9. The van der Waals surface area contributed by atoms with E-state index in [1.807, 2.05) is 23.9 Å². The smallest absolute Gasteiger partial charge is 0.256 e. The van der Waals surface area contributed by atoms with Crippen LogP contribution in [0.15, 0.2) is 18.2 Å². The van der Waals surface area contributed by atoms with Crippen LogP contribution < -0.4 is 10.6 Å². The molecule has 2 heterocycles. The zero-order valence-corrected chi connectivity index (χ0v) is 16.1. The summed E-state index contributed by atoms with van der Waals surface area (Å²) >= 11 is 2.03. The predicted molar refractivity (Wildman–Crippen MR) is 104 cm³/mol. The third kappa shape index (κ3) is 4.37. The van der Waals surface area contributed by atoms with Crippen molar-refractivity contribution in [2.24, 2.45) is 0 Å². The molecule has 2 saturated heterocycles. The lowest BCUT2D eigenvalue weighted by Gasteiger charge is -2.35.